The molecule has 0 atom stereocenters. The van der Waals surface area contributed by atoms with Crippen LogP contribution in [0.3, 0.4) is 0 Å². The van der Waals surface area contributed by atoms with Gasteiger partial charge in [0.2, 0.25) is 0 Å². The Morgan fingerprint density at radius 2 is 1.38 bits per heavy atom. The molecule has 1 N–H and O–H groups in total. The van der Waals surface area contributed by atoms with Gasteiger partial charge in [0.1, 0.15) is 5.75 Å². The summed E-state index contributed by atoms with van der Waals surface area (Å²) in [7, 11) is 0. The van der Waals surface area contributed by atoms with Crippen LogP contribution < -0.4 is 9.47 Å². The van der Waals surface area contributed by atoms with E-state index in [2.05, 4.69) is 27.7 Å². The van der Waals surface area contributed by atoms with Gasteiger partial charge in [-0.05, 0) is 52.8 Å². The van der Waals surface area contributed by atoms with E-state index in [1.54, 1.807) is 12.1 Å². The highest BCUT2D eigenvalue weighted by atomic mass is 16.5. The monoisotopic (exact) mass is 494 g/mol. The van der Waals surface area contributed by atoms with E-state index < -0.39 is 0 Å². The van der Waals surface area contributed by atoms with Crippen LogP contribution in [-0.2, 0) is 0 Å². The Labute approximate surface area is 219 Å². The maximum atomic E-state index is 13.6. The third-order valence-corrected chi connectivity index (χ3v) is 5.91. The summed E-state index contributed by atoms with van der Waals surface area (Å²) < 4.78 is 11.6. The minimum absolute atomic E-state index is 0.0568. The van der Waals surface area contributed by atoms with E-state index in [-0.39, 0.29) is 11.5 Å². The predicted octanol–water partition coefficient (Wildman–Crippen LogP) is 8.03. The fourth-order valence-corrected chi connectivity index (χ4v) is 4.08. The molecule has 37 heavy (non-hydrogen) atoms. The fraction of sp³-hybridized carbons (Fsp3) is 0.242. The number of hydrogen-bond donors (Lipinski definition) is 1. The number of hydrogen-bond acceptors (Lipinski definition) is 4. The number of carbonyl (C=O) groups is 1. The molecule has 4 rings (SSSR count). The topological polar surface area (TPSA) is 55.8 Å². The van der Waals surface area contributed by atoms with Crippen LogP contribution in [-0.4, -0.2) is 24.1 Å². The first-order valence-corrected chi connectivity index (χ1v) is 12.8. The molecule has 190 valence electrons. The molecule has 0 spiro atoms. The number of carbonyl (C=O) groups excluding carboxylic acids is 1. The normalized spacial score (nSPS) is 11.1. The number of phenolic OH excluding ortho intramolecular Hbond substituents is 1. The van der Waals surface area contributed by atoms with Crippen molar-refractivity contribution >= 4 is 5.78 Å². The van der Waals surface area contributed by atoms with Gasteiger partial charge in [-0.2, -0.15) is 0 Å². The Bertz CT molecular complexity index is 1340. The van der Waals surface area contributed by atoms with Gasteiger partial charge in [-0.25, -0.2) is 0 Å². The summed E-state index contributed by atoms with van der Waals surface area (Å²) >= 11 is 0. The van der Waals surface area contributed by atoms with Crippen LogP contribution in [0.4, 0.5) is 0 Å². The Morgan fingerprint density at radius 3 is 2.03 bits per heavy atom. The van der Waals surface area contributed by atoms with Gasteiger partial charge in [0.25, 0.3) is 0 Å². The Kier molecular flexibility index (Phi) is 8.29. The third-order valence-electron chi connectivity index (χ3n) is 5.91. The first-order valence-electron chi connectivity index (χ1n) is 12.8. The summed E-state index contributed by atoms with van der Waals surface area (Å²) in [6.07, 6.45) is 0. The molecule has 0 radical (unpaired) electrons. The average Bonchev–Trinajstić information content (AvgIpc) is 2.91. The zero-order valence-corrected chi connectivity index (χ0v) is 21.9. The van der Waals surface area contributed by atoms with Gasteiger partial charge in [0, 0.05) is 16.7 Å². The molecule has 0 saturated carbocycles. The molecule has 4 aromatic rings. The summed E-state index contributed by atoms with van der Waals surface area (Å²) in [6.45, 7) is 9.50. The van der Waals surface area contributed by atoms with Gasteiger partial charge in [-0.3, -0.25) is 4.79 Å². The molecule has 0 saturated heterocycles. The van der Waals surface area contributed by atoms with Crippen LogP contribution in [0, 0.1) is 11.8 Å². The van der Waals surface area contributed by atoms with E-state index in [0.717, 1.165) is 28.0 Å². The lowest BCUT2D eigenvalue weighted by atomic mass is 9.87. The molecule has 0 amide bonds. The zero-order valence-electron chi connectivity index (χ0n) is 21.9. The van der Waals surface area contributed by atoms with Crippen LogP contribution in [0.1, 0.15) is 43.6 Å². The summed E-state index contributed by atoms with van der Waals surface area (Å²) in [5.41, 5.74) is 4.57. The quantitative estimate of drug-likeness (QED) is 0.227. The minimum atomic E-state index is -0.0568. The number of rotatable bonds is 10. The molecule has 0 aliphatic heterocycles. The molecule has 4 nitrogen and oxygen atoms in total. The van der Waals surface area contributed by atoms with Crippen molar-refractivity contribution in [2.24, 2.45) is 11.8 Å². The molecular formula is C33H34O4. The Morgan fingerprint density at radius 1 is 0.730 bits per heavy atom. The molecule has 0 heterocycles. The van der Waals surface area contributed by atoms with Gasteiger partial charge in [-0.1, -0.05) is 94.4 Å². The maximum Gasteiger partial charge on any atom is 0.193 e. The van der Waals surface area contributed by atoms with Crippen molar-refractivity contribution in [3.05, 3.63) is 102 Å². The summed E-state index contributed by atoms with van der Waals surface area (Å²) in [6, 6.07) is 28.2. The SMILES string of the molecule is CC(C)COc1ccc(-c2c(C(=O)c3ccccc3)cccc2-c2ccc(OCC(C)C)c(O)c2)cc1. The molecule has 0 aromatic heterocycles. The molecule has 0 bridgehead atoms. The van der Waals surface area contributed by atoms with Crippen LogP contribution in [0.2, 0.25) is 0 Å². The molecule has 0 unspecified atom stereocenters. The molecule has 0 aliphatic carbocycles. The second-order valence-electron chi connectivity index (χ2n) is 10.0. The highest BCUT2D eigenvalue weighted by Gasteiger charge is 2.20. The van der Waals surface area contributed by atoms with Gasteiger partial charge in [-0.15, -0.1) is 0 Å². The van der Waals surface area contributed by atoms with E-state index in [0.29, 0.717) is 41.9 Å². The Balaban J connectivity index is 1.81. The lowest BCUT2D eigenvalue weighted by Gasteiger charge is -2.17. The fourth-order valence-electron chi connectivity index (χ4n) is 4.08. The second-order valence-corrected chi connectivity index (χ2v) is 10.0. The smallest absolute Gasteiger partial charge is 0.193 e. The van der Waals surface area contributed by atoms with Gasteiger partial charge >= 0.3 is 0 Å². The van der Waals surface area contributed by atoms with Crippen LogP contribution in [0.5, 0.6) is 17.2 Å². The highest BCUT2D eigenvalue weighted by molar-refractivity contribution is 6.14. The standard InChI is InChI=1S/C33H34O4/c1-22(2)20-36-27-16-13-24(14-17-27)32-28(26-15-18-31(30(34)19-26)37-21-23(3)4)11-8-12-29(32)33(35)25-9-6-5-7-10-25/h5-19,22-23,34H,20-21H2,1-4H3. The molecule has 4 heteroatoms. The number of aromatic hydroxyl groups is 1. The van der Waals surface area contributed by atoms with Gasteiger partial charge in [0.15, 0.2) is 17.3 Å². The predicted molar refractivity (Wildman–Crippen MR) is 150 cm³/mol. The number of benzene rings is 4. The second kappa shape index (κ2) is 11.8. The zero-order chi connectivity index (χ0) is 26.4. The number of ketones is 1. The lowest BCUT2D eigenvalue weighted by Crippen LogP contribution is -2.06. The van der Waals surface area contributed by atoms with Crippen molar-refractivity contribution in [2.45, 2.75) is 27.7 Å². The Hall–Kier alpha value is -4.05. The van der Waals surface area contributed by atoms with Crippen LogP contribution in [0.25, 0.3) is 22.3 Å². The van der Waals surface area contributed by atoms with Crippen molar-refractivity contribution in [1.82, 2.24) is 0 Å². The van der Waals surface area contributed by atoms with E-state index in [9.17, 15) is 9.90 Å². The van der Waals surface area contributed by atoms with E-state index in [4.69, 9.17) is 9.47 Å². The average molecular weight is 495 g/mol. The summed E-state index contributed by atoms with van der Waals surface area (Å²) in [4.78, 5) is 13.6. The van der Waals surface area contributed by atoms with Gasteiger partial charge < -0.3 is 14.6 Å². The molecular weight excluding hydrogens is 460 g/mol. The minimum Gasteiger partial charge on any atom is -0.504 e. The van der Waals surface area contributed by atoms with Crippen molar-refractivity contribution in [2.75, 3.05) is 13.2 Å². The van der Waals surface area contributed by atoms with E-state index in [1.165, 1.54) is 0 Å². The molecule has 0 aliphatic rings. The van der Waals surface area contributed by atoms with Crippen LogP contribution in [0.15, 0.2) is 91.0 Å². The summed E-state index contributed by atoms with van der Waals surface area (Å²) in [5, 5.41) is 10.7. The molecule has 4 aromatic carbocycles. The third kappa shape index (κ3) is 6.39. The lowest BCUT2D eigenvalue weighted by molar-refractivity contribution is 0.103. The summed E-state index contributed by atoms with van der Waals surface area (Å²) in [5.74, 6) is 2.02. The number of phenols is 1. The largest absolute Gasteiger partial charge is 0.504 e. The highest BCUT2D eigenvalue weighted by Crippen LogP contribution is 2.39. The first-order chi connectivity index (χ1) is 17.8. The van der Waals surface area contributed by atoms with E-state index in [1.807, 2.05) is 78.9 Å². The van der Waals surface area contributed by atoms with Gasteiger partial charge in [0.05, 0.1) is 13.2 Å². The van der Waals surface area contributed by atoms with Crippen molar-refractivity contribution in [1.29, 1.82) is 0 Å². The van der Waals surface area contributed by atoms with E-state index >= 15 is 0 Å². The van der Waals surface area contributed by atoms with Crippen LogP contribution >= 0.6 is 0 Å². The molecule has 0 fully saturated rings. The van der Waals surface area contributed by atoms with Crippen molar-refractivity contribution in [3.8, 4) is 39.5 Å². The first kappa shape index (κ1) is 26.0. The maximum absolute atomic E-state index is 13.6. The van der Waals surface area contributed by atoms with Crippen molar-refractivity contribution in [3.63, 3.8) is 0 Å². The number of ether oxygens (including phenoxy) is 2. The van der Waals surface area contributed by atoms with Crippen molar-refractivity contribution < 1.29 is 19.4 Å².